The van der Waals surface area contributed by atoms with Gasteiger partial charge in [0.1, 0.15) is 5.75 Å². The van der Waals surface area contributed by atoms with Crippen LogP contribution >= 0.6 is 0 Å². The molecule has 0 unspecified atom stereocenters. The van der Waals surface area contributed by atoms with E-state index < -0.39 is 10.0 Å². The van der Waals surface area contributed by atoms with E-state index in [4.69, 9.17) is 4.74 Å². The number of ether oxygens (including phenoxy) is 1. The predicted molar refractivity (Wildman–Crippen MR) is 82.7 cm³/mol. The van der Waals surface area contributed by atoms with Crippen molar-refractivity contribution in [1.29, 1.82) is 0 Å². The molecule has 1 fully saturated rings. The third-order valence-corrected chi connectivity index (χ3v) is 4.98. The molecule has 0 heterocycles. The largest absolute Gasteiger partial charge is 0.494 e. The van der Waals surface area contributed by atoms with E-state index in [1.807, 2.05) is 6.92 Å². The van der Waals surface area contributed by atoms with E-state index >= 15 is 0 Å². The fraction of sp³-hybridized carbons (Fsp3) is 0.533. The van der Waals surface area contributed by atoms with Crippen molar-refractivity contribution < 1.29 is 17.9 Å². The maximum Gasteiger partial charge on any atom is 0.257 e. The topological polar surface area (TPSA) is 84.5 Å². The molecule has 2 rings (SSSR count). The molecule has 2 N–H and O–H groups in total. The lowest BCUT2D eigenvalue weighted by atomic mass is 10.0. The Morgan fingerprint density at radius 2 is 1.86 bits per heavy atom. The summed E-state index contributed by atoms with van der Waals surface area (Å²) >= 11 is 0. The van der Waals surface area contributed by atoms with E-state index in [-0.39, 0.29) is 10.8 Å². The molecule has 0 saturated heterocycles. The molecular formula is C15H22N2O4S. The molecule has 1 aliphatic carbocycles. The van der Waals surface area contributed by atoms with Crippen molar-refractivity contribution in [3.63, 3.8) is 0 Å². The highest BCUT2D eigenvalue weighted by Gasteiger charge is 2.20. The summed E-state index contributed by atoms with van der Waals surface area (Å²) in [6.07, 6.45) is 4.75. The molecule has 122 valence electrons. The van der Waals surface area contributed by atoms with Gasteiger partial charge < -0.3 is 4.74 Å². The van der Waals surface area contributed by atoms with Gasteiger partial charge in [-0.15, -0.1) is 4.83 Å². The second-order valence-corrected chi connectivity index (χ2v) is 7.10. The van der Waals surface area contributed by atoms with E-state index in [0.29, 0.717) is 24.7 Å². The van der Waals surface area contributed by atoms with Crippen LogP contribution in [-0.4, -0.2) is 20.9 Å². The zero-order chi connectivity index (χ0) is 16.0. The van der Waals surface area contributed by atoms with Gasteiger partial charge in [0.15, 0.2) is 0 Å². The van der Waals surface area contributed by atoms with Crippen LogP contribution in [0.25, 0.3) is 0 Å². The molecular weight excluding hydrogens is 304 g/mol. The van der Waals surface area contributed by atoms with Gasteiger partial charge in [-0.2, -0.15) is 0 Å². The van der Waals surface area contributed by atoms with Crippen LogP contribution in [0.3, 0.4) is 0 Å². The Morgan fingerprint density at radius 3 is 2.45 bits per heavy atom. The first-order chi connectivity index (χ1) is 10.5. The molecule has 1 amide bonds. The highest BCUT2D eigenvalue weighted by Crippen LogP contribution is 2.27. The van der Waals surface area contributed by atoms with Gasteiger partial charge in [0, 0.05) is 6.42 Å². The predicted octanol–water partition coefficient (Wildman–Crippen LogP) is 1.98. The third kappa shape index (κ3) is 4.71. The van der Waals surface area contributed by atoms with Crippen LogP contribution in [0.5, 0.6) is 5.75 Å². The molecule has 1 aromatic carbocycles. The van der Waals surface area contributed by atoms with E-state index in [1.165, 1.54) is 12.1 Å². The monoisotopic (exact) mass is 326 g/mol. The smallest absolute Gasteiger partial charge is 0.257 e. The number of nitrogens with one attached hydrogen (secondary N) is 2. The number of carbonyl (C=O) groups is 1. The summed E-state index contributed by atoms with van der Waals surface area (Å²) in [6, 6.07) is 6.05. The fourth-order valence-corrected chi connectivity index (χ4v) is 3.45. The van der Waals surface area contributed by atoms with Crippen LogP contribution in [0, 0.1) is 5.92 Å². The van der Waals surface area contributed by atoms with E-state index in [0.717, 1.165) is 25.7 Å². The minimum absolute atomic E-state index is 0.0807. The van der Waals surface area contributed by atoms with E-state index in [1.54, 1.807) is 12.1 Å². The van der Waals surface area contributed by atoms with Crippen LogP contribution < -0.4 is 15.0 Å². The quantitative estimate of drug-likeness (QED) is 0.750. The van der Waals surface area contributed by atoms with Gasteiger partial charge in [0.2, 0.25) is 5.91 Å². The van der Waals surface area contributed by atoms with Gasteiger partial charge in [-0.1, -0.05) is 12.8 Å². The Balaban J connectivity index is 1.88. The van der Waals surface area contributed by atoms with Crippen LogP contribution in [0.4, 0.5) is 0 Å². The molecule has 1 aromatic rings. The zero-order valence-corrected chi connectivity index (χ0v) is 13.5. The van der Waals surface area contributed by atoms with Crippen molar-refractivity contribution in [2.75, 3.05) is 6.61 Å². The van der Waals surface area contributed by atoms with Crippen molar-refractivity contribution in [2.45, 2.75) is 43.9 Å². The number of benzene rings is 1. The van der Waals surface area contributed by atoms with Crippen molar-refractivity contribution in [3.05, 3.63) is 24.3 Å². The van der Waals surface area contributed by atoms with Crippen molar-refractivity contribution >= 4 is 15.9 Å². The number of hydrogen-bond acceptors (Lipinski definition) is 4. The molecule has 7 heteroatoms. The van der Waals surface area contributed by atoms with Gasteiger partial charge in [-0.25, -0.2) is 8.42 Å². The first kappa shape index (κ1) is 16.8. The lowest BCUT2D eigenvalue weighted by molar-refractivity contribution is -0.122. The fourth-order valence-electron chi connectivity index (χ4n) is 2.59. The molecule has 0 radical (unpaired) electrons. The molecule has 6 nitrogen and oxygen atoms in total. The van der Waals surface area contributed by atoms with Gasteiger partial charge >= 0.3 is 0 Å². The molecule has 0 bridgehead atoms. The third-order valence-electron chi connectivity index (χ3n) is 3.72. The number of carbonyl (C=O) groups excluding carboxylic acids is 1. The maximum atomic E-state index is 12.1. The molecule has 22 heavy (non-hydrogen) atoms. The number of amides is 1. The lowest BCUT2D eigenvalue weighted by Gasteiger charge is -2.11. The number of rotatable bonds is 7. The molecule has 1 aliphatic rings. The standard InChI is InChI=1S/C15H22N2O4S/c1-2-21-13-7-9-14(10-8-13)22(19,20)17-16-15(18)11-12-5-3-4-6-12/h7-10,12,17H,2-6,11H2,1H3,(H,16,18). The second kappa shape index (κ2) is 7.60. The molecule has 0 aromatic heterocycles. The lowest BCUT2D eigenvalue weighted by Crippen LogP contribution is -2.42. The summed E-state index contributed by atoms with van der Waals surface area (Å²) in [7, 11) is -3.76. The first-order valence-electron chi connectivity index (χ1n) is 7.55. The SMILES string of the molecule is CCOc1ccc(S(=O)(=O)NNC(=O)CC2CCCC2)cc1. The van der Waals surface area contributed by atoms with Crippen LogP contribution in [0.1, 0.15) is 39.0 Å². The zero-order valence-electron chi connectivity index (χ0n) is 12.7. The van der Waals surface area contributed by atoms with E-state index in [9.17, 15) is 13.2 Å². The Labute approximate surface area is 131 Å². The Bertz CT molecular complexity index is 592. The van der Waals surface area contributed by atoms with Gasteiger partial charge in [-0.05, 0) is 49.9 Å². The van der Waals surface area contributed by atoms with E-state index in [2.05, 4.69) is 10.3 Å². The summed E-state index contributed by atoms with van der Waals surface area (Å²) < 4.78 is 29.4. The van der Waals surface area contributed by atoms with Crippen molar-refractivity contribution in [1.82, 2.24) is 10.3 Å². The Hall–Kier alpha value is -1.60. The average molecular weight is 326 g/mol. The number of hydrazine groups is 1. The molecule has 1 saturated carbocycles. The van der Waals surface area contributed by atoms with Crippen molar-refractivity contribution in [2.24, 2.45) is 5.92 Å². The number of hydrogen-bond donors (Lipinski definition) is 2. The highest BCUT2D eigenvalue weighted by molar-refractivity contribution is 7.89. The minimum atomic E-state index is -3.76. The minimum Gasteiger partial charge on any atom is -0.494 e. The summed E-state index contributed by atoms with van der Waals surface area (Å²) in [4.78, 5) is 14.0. The Kier molecular flexibility index (Phi) is 5.79. The summed E-state index contributed by atoms with van der Waals surface area (Å²) in [5.41, 5.74) is 2.28. The van der Waals surface area contributed by atoms with Crippen LogP contribution in [0.15, 0.2) is 29.2 Å². The molecule has 0 atom stereocenters. The van der Waals surface area contributed by atoms with Crippen LogP contribution in [0.2, 0.25) is 0 Å². The maximum absolute atomic E-state index is 12.1. The first-order valence-corrected chi connectivity index (χ1v) is 9.03. The second-order valence-electron chi connectivity index (χ2n) is 5.41. The normalized spacial score (nSPS) is 15.7. The molecule has 0 aliphatic heterocycles. The highest BCUT2D eigenvalue weighted by atomic mass is 32.2. The van der Waals surface area contributed by atoms with Gasteiger partial charge in [0.25, 0.3) is 10.0 Å². The Morgan fingerprint density at radius 1 is 1.23 bits per heavy atom. The van der Waals surface area contributed by atoms with Crippen molar-refractivity contribution in [3.8, 4) is 5.75 Å². The molecule has 0 spiro atoms. The number of sulfonamides is 1. The summed E-state index contributed by atoms with van der Waals surface area (Å²) in [6.45, 7) is 2.37. The van der Waals surface area contributed by atoms with Gasteiger partial charge in [-0.3, -0.25) is 10.2 Å². The van der Waals surface area contributed by atoms with Crippen LogP contribution in [-0.2, 0) is 14.8 Å². The average Bonchev–Trinajstić information content (AvgIpc) is 2.99. The van der Waals surface area contributed by atoms with Gasteiger partial charge in [0.05, 0.1) is 11.5 Å². The summed E-state index contributed by atoms with van der Waals surface area (Å²) in [5, 5.41) is 0. The summed E-state index contributed by atoms with van der Waals surface area (Å²) in [5.74, 6) is 0.683.